The molecule has 2 aliphatic heterocycles. The van der Waals surface area contributed by atoms with Crippen LogP contribution < -0.4 is 0 Å². The highest BCUT2D eigenvalue weighted by atomic mass is 28.3. The van der Waals surface area contributed by atoms with Crippen molar-refractivity contribution in [2.24, 2.45) is 0 Å². The van der Waals surface area contributed by atoms with Gasteiger partial charge < -0.3 is 9.30 Å². The van der Waals surface area contributed by atoms with Crippen LogP contribution in [0.2, 0.25) is 19.1 Å². The van der Waals surface area contributed by atoms with Crippen LogP contribution in [0, 0.1) is 0 Å². The maximum atomic E-state index is 11.6. The third-order valence-electron chi connectivity index (χ3n) is 3.48. The number of carbonyl (C=O) groups is 1. The first-order chi connectivity index (χ1) is 6.61. The molecule has 2 heterocycles. The maximum Gasteiger partial charge on any atom is 0.322 e. The summed E-state index contributed by atoms with van der Waals surface area (Å²) in [5.74, 6) is 0.0266. The fourth-order valence-electron chi connectivity index (χ4n) is 2.65. The first-order valence-electron chi connectivity index (χ1n) is 5.55. The van der Waals surface area contributed by atoms with E-state index in [4.69, 9.17) is 4.74 Å². The molecule has 0 aromatic carbocycles. The van der Waals surface area contributed by atoms with Gasteiger partial charge in [-0.3, -0.25) is 4.79 Å². The second-order valence-electron chi connectivity index (χ2n) is 4.93. The zero-order chi connectivity index (χ0) is 10.2. The molecular formula is C10H19NO2Si. The number of nitrogens with zero attached hydrogens (tertiary/aromatic N) is 1. The third kappa shape index (κ3) is 1.73. The number of esters is 1. The lowest BCUT2D eigenvalue weighted by molar-refractivity contribution is -0.152. The Hall–Kier alpha value is -0.353. The van der Waals surface area contributed by atoms with Crippen molar-refractivity contribution in [3.8, 4) is 0 Å². The molecule has 0 bridgehead atoms. The Balaban J connectivity index is 2.09. The summed E-state index contributed by atoms with van der Waals surface area (Å²) < 4.78 is 7.60. The molecule has 2 rings (SSSR count). The summed E-state index contributed by atoms with van der Waals surface area (Å²) in [6.07, 6.45) is 3.32. The maximum absolute atomic E-state index is 11.6. The zero-order valence-electron chi connectivity index (χ0n) is 9.08. The molecule has 0 N–H and O–H groups in total. The Kier molecular flexibility index (Phi) is 2.66. The van der Waals surface area contributed by atoms with Crippen molar-refractivity contribution in [1.29, 1.82) is 0 Å². The van der Waals surface area contributed by atoms with Gasteiger partial charge in [-0.2, -0.15) is 0 Å². The highest BCUT2D eigenvalue weighted by Gasteiger charge is 2.42. The van der Waals surface area contributed by atoms with Crippen LogP contribution in [-0.4, -0.2) is 38.0 Å². The van der Waals surface area contributed by atoms with Gasteiger partial charge in [0.15, 0.2) is 0 Å². The van der Waals surface area contributed by atoms with E-state index in [1.54, 1.807) is 0 Å². The normalized spacial score (nSPS) is 33.0. The Bertz CT molecular complexity index is 242. The van der Waals surface area contributed by atoms with Crippen molar-refractivity contribution < 1.29 is 9.53 Å². The summed E-state index contributed by atoms with van der Waals surface area (Å²) >= 11 is 0. The minimum atomic E-state index is -1.27. The van der Waals surface area contributed by atoms with Gasteiger partial charge in [-0.05, 0) is 31.9 Å². The van der Waals surface area contributed by atoms with Crippen LogP contribution in [0.4, 0.5) is 0 Å². The van der Waals surface area contributed by atoms with Crippen LogP contribution in [-0.2, 0) is 9.53 Å². The monoisotopic (exact) mass is 213 g/mol. The highest BCUT2D eigenvalue weighted by molar-refractivity contribution is 6.75. The average molecular weight is 213 g/mol. The fraction of sp³-hybridized carbons (Fsp3) is 0.900. The number of cyclic esters (lactones) is 1. The molecule has 1 atom stereocenters. The van der Waals surface area contributed by atoms with Crippen LogP contribution in [0.1, 0.15) is 19.3 Å². The number of carbonyl (C=O) groups excluding carboxylic acids is 1. The largest absolute Gasteiger partial charge is 0.465 e. The van der Waals surface area contributed by atoms with Gasteiger partial charge in [-0.1, -0.05) is 13.1 Å². The number of ether oxygens (including phenoxy) is 1. The van der Waals surface area contributed by atoms with E-state index in [9.17, 15) is 4.79 Å². The van der Waals surface area contributed by atoms with E-state index in [1.807, 2.05) is 0 Å². The molecule has 80 valence electrons. The van der Waals surface area contributed by atoms with Crippen LogP contribution in [0.5, 0.6) is 0 Å². The van der Waals surface area contributed by atoms with E-state index in [-0.39, 0.29) is 12.0 Å². The second kappa shape index (κ2) is 3.66. The predicted octanol–water partition coefficient (Wildman–Crippen LogP) is 1.60. The van der Waals surface area contributed by atoms with Crippen molar-refractivity contribution in [1.82, 2.24) is 4.57 Å². The van der Waals surface area contributed by atoms with Gasteiger partial charge >= 0.3 is 5.97 Å². The van der Waals surface area contributed by atoms with Crippen LogP contribution in [0.15, 0.2) is 0 Å². The van der Waals surface area contributed by atoms with Gasteiger partial charge in [0, 0.05) is 0 Å². The lowest BCUT2D eigenvalue weighted by Crippen LogP contribution is -2.54. The van der Waals surface area contributed by atoms with E-state index >= 15 is 0 Å². The van der Waals surface area contributed by atoms with Crippen LogP contribution in [0.3, 0.4) is 0 Å². The van der Waals surface area contributed by atoms with Gasteiger partial charge in [0.25, 0.3) is 0 Å². The summed E-state index contributed by atoms with van der Waals surface area (Å²) in [6.45, 7) is 6.47. The van der Waals surface area contributed by atoms with Gasteiger partial charge in [-0.15, -0.1) is 0 Å². The van der Waals surface area contributed by atoms with Crippen molar-refractivity contribution in [2.75, 3.05) is 13.2 Å². The molecule has 2 saturated heterocycles. The standard InChI is InChI=1S/C10H19NO2Si/c1-14(2)8-4-6-11(14)9-5-3-7-13-10(9)12/h9H,3-8H2,1-2H3. The molecule has 0 radical (unpaired) electrons. The lowest BCUT2D eigenvalue weighted by atomic mass is 10.1. The first kappa shape index (κ1) is 10.2. The minimum absolute atomic E-state index is 0.0266. The molecule has 0 aromatic heterocycles. The van der Waals surface area contributed by atoms with Gasteiger partial charge in [0.05, 0.1) is 6.61 Å². The Morgan fingerprint density at radius 1 is 1.43 bits per heavy atom. The van der Waals surface area contributed by atoms with Gasteiger partial charge in [0.1, 0.15) is 14.3 Å². The molecule has 0 saturated carbocycles. The van der Waals surface area contributed by atoms with E-state index in [2.05, 4.69) is 17.7 Å². The first-order valence-corrected chi connectivity index (χ1v) is 8.70. The molecule has 0 aromatic rings. The zero-order valence-corrected chi connectivity index (χ0v) is 10.1. The van der Waals surface area contributed by atoms with Crippen molar-refractivity contribution in [3.05, 3.63) is 0 Å². The minimum Gasteiger partial charge on any atom is -0.465 e. The molecule has 3 nitrogen and oxygen atoms in total. The second-order valence-corrected chi connectivity index (χ2v) is 9.63. The van der Waals surface area contributed by atoms with E-state index in [1.165, 1.54) is 12.5 Å². The molecule has 0 aliphatic carbocycles. The van der Waals surface area contributed by atoms with Crippen molar-refractivity contribution >= 4 is 14.2 Å². The SMILES string of the molecule is C[Si]1(C)CCCN1C1CCCOC1=O. The Morgan fingerprint density at radius 2 is 2.21 bits per heavy atom. The molecule has 2 fully saturated rings. The summed E-state index contributed by atoms with van der Waals surface area (Å²) in [7, 11) is -1.27. The smallest absolute Gasteiger partial charge is 0.322 e. The summed E-state index contributed by atoms with van der Waals surface area (Å²) in [4.78, 5) is 11.6. The van der Waals surface area contributed by atoms with Crippen molar-refractivity contribution in [3.63, 3.8) is 0 Å². The predicted molar refractivity (Wildman–Crippen MR) is 57.6 cm³/mol. The van der Waals surface area contributed by atoms with Gasteiger partial charge in [-0.25, -0.2) is 0 Å². The number of hydrogen-bond acceptors (Lipinski definition) is 3. The fourth-order valence-corrected chi connectivity index (χ4v) is 5.80. The average Bonchev–Trinajstić information content (AvgIpc) is 2.46. The van der Waals surface area contributed by atoms with Crippen LogP contribution in [0.25, 0.3) is 0 Å². The Morgan fingerprint density at radius 3 is 2.79 bits per heavy atom. The molecule has 0 amide bonds. The topological polar surface area (TPSA) is 29.5 Å². The molecule has 2 aliphatic rings. The third-order valence-corrected chi connectivity index (χ3v) is 7.15. The van der Waals surface area contributed by atoms with E-state index < -0.39 is 8.24 Å². The molecular weight excluding hydrogens is 194 g/mol. The molecule has 4 heteroatoms. The summed E-state index contributed by atoms with van der Waals surface area (Å²) in [5, 5.41) is 0. The van der Waals surface area contributed by atoms with E-state index in [0.29, 0.717) is 6.61 Å². The van der Waals surface area contributed by atoms with Crippen LogP contribution >= 0.6 is 0 Å². The number of hydrogen-bond donors (Lipinski definition) is 0. The number of rotatable bonds is 1. The lowest BCUT2D eigenvalue weighted by Gasteiger charge is -2.37. The quantitative estimate of drug-likeness (QED) is 0.489. The Labute approximate surface area is 86.5 Å². The van der Waals surface area contributed by atoms with E-state index in [0.717, 1.165) is 19.4 Å². The molecule has 1 unspecified atom stereocenters. The van der Waals surface area contributed by atoms with Gasteiger partial charge in [0.2, 0.25) is 0 Å². The summed E-state index contributed by atoms with van der Waals surface area (Å²) in [6, 6.07) is 1.42. The molecule has 14 heavy (non-hydrogen) atoms. The van der Waals surface area contributed by atoms with Crippen molar-refractivity contribution in [2.45, 2.75) is 44.4 Å². The highest BCUT2D eigenvalue weighted by Crippen LogP contribution is 2.30. The molecule has 0 spiro atoms. The summed E-state index contributed by atoms with van der Waals surface area (Å²) in [5.41, 5.74) is 0.